The van der Waals surface area contributed by atoms with Crippen molar-refractivity contribution in [3.8, 4) is 0 Å². The zero-order chi connectivity index (χ0) is 27.8. The van der Waals surface area contributed by atoms with E-state index < -0.39 is 62.1 Å². The predicted molar refractivity (Wildman–Crippen MR) is 136 cm³/mol. The molecule has 12 heteroatoms. The molecule has 0 spiro atoms. The molecule has 2 bridgehead atoms. The molecule has 4 rings (SSSR count). The third kappa shape index (κ3) is 5.70. The van der Waals surface area contributed by atoms with E-state index in [9.17, 15) is 37.0 Å². The van der Waals surface area contributed by atoms with Crippen molar-refractivity contribution in [2.24, 2.45) is 11.8 Å². The second-order valence-electron chi connectivity index (χ2n) is 10.2. The lowest BCUT2D eigenvalue weighted by Gasteiger charge is -2.42. The minimum atomic E-state index is -4.03. The van der Waals surface area contributed by atoms with Gasteiger partial charge in [-0.05, 0) is 74.8 Å². The Labute approximate surface area is 224 Å². The summed E-state index contributed by atoms with van der Waals surface area (Å²) >= 11 is 6.25. The molecule has 0 radical (unpaired) electrons. The molecule has 5 atom stereocenters. The van der Waals surface area contributed by atoms with Crippen molar-refractivity contribution in [2.45, 2.75) is 60.9 Å². The Kier molecular flexibility index (Phi) is 8.13. The Morgan fingerprint density at radius 2 is 1.76 bits per heavy atom. The van der Waals surface area contributed by atoms with Crippen molar-refractivity contribution in [3.05, 3.63) is 58.6 Å². The van der Waals surface area contributed by atoms with Crippen molar-refractivity contribution in [3.63, 3.8) is 0 Å². The van der Waals surface area contributed by atoms with Crippen LogP contribution in [-0.4, -0.2) is 53.9 Å². The van der Waals surface area contributed by atoms with Gasteiger partial charge in [-0.25, -0.2) is 17.2 Å². The fraction of sp³-hybridized carbons (Fsp3) is 0.462. The molecule has 2 amide bonds. The van der Waals surface area contributed by atoms with E-state index in [1.807, 2.05) is 0 Å². The van der Waals surface area contributed by atoms with Gasteiger partial charge in [0.1, 0.15) is 0 Å². The first-order valence-electron chi connectivity index (χ1n) is 12.3. The molecule has 0 aromatic heterocycles. The van der Waals surface area contributed by atoms with Gasteiger partial charge in [-0.15, -0.1) is 0 Å². The molecule has 38 heavy (non-hydrogen) atoms. The third-order valence-electron chi connectivity index (χ3n) is 7.53. The van der Waals surface area contributed by atoms with Crippen LogP contribution in [-0.2, 0) is 14.6 Å². The molecule has 8 nitrogen and oxygen atoms in total. The fourth-order valence-corrected chi connectivity index (χ4v) is 7.95. The maximum absolute atomic E-state index is 13.7. The predicted octanol–water partition coefficient (Wildman–Crippen LogP) is 3.45. The van der Waals surface area contributed by atoms with Crippen molar-refractivity contribution < 1.29 is 37.0 Å². The molecule has 3 unspecified atom stereocenters. The molecule has 0 aliphatic heterocycles. The highest BCUT2D eigenvalue weighted by Gasteiger charge is 2.56. The molecule has 2 aliphatic carbocycles. The van der Waals surface area contributed by atoms with Gasteiger partial charge in [0.25, 0.3) is 5.91 Å². The third-order valence-corrected chi connectivity index (χ3v) is 10.2. The highest BCUT2D eigenvalue weighted by molar-refractivity contribution is 7.92. The first kappa shape index (κ1) is 28.4. The number of aliphatic hydroxyl groups is 2. The average Bonchev–Trinajstić information content (AvgIpc) is 3.00. The molecule has 2 aromatic rings. The number of carbonyl (C=O) groups excluding carboxylic acids is 2. The van der Waals surface area contributed by atoms with Gasteiger partial charge in [-0.3, -0.25) is 9.59 Å². The minimum Gasteiger partial charge on any atom is -0.392 e. The lowest BCUT2D eigenvalue weighted by atomic mass is 9.72. The summed E-state index contributed by atoms with van der Waals surface area (Å²) in [6.07, 6.45) is 0.483. The van der Waals surface area contributed by atoms with E-state index in [2.05, 4.69) is 10.6 Å². The van der Waals surface area contributed by atoms with E-state index in [-0.39, 0.29) is 47.0 Å². The standard InChI is InChI=1S/C26H29ClF2N2O6S/c1-14(32)13-30-24(33)12-26(35)16-3-4-17(26)10-19(9-16)38(36,37)23-8-15(2-6-20(23)27)25(34)31-18-5-7-21(28)22(29)11-18/h2,5-8,11,14,16-17,19,32,35H,3-4,9-10,12-13H2,1H3,(H,30,33)(H,31,34)/t14-,16-,17?,19?,26?/m0/s1. The van der Waals surface area contributed by atoms with E-state index in [4.69, 9.17) is 11.6 Å². The maximum atomic E-state index is 13.7. The van der Waals surface area contributed by atoms with E-state index in [0.717, 1.165) is 18.2 Å². The highest BCUT2D eigenvalue weighted by atomic mass is 35.5. The van der Waals surface area contributed by atoms with Crippen LogP contribution in [0.1, 0.15) is 49.4 Å². The molecule has 2 aromatic carbocycles. The van der Waals surface area contributed by atoms with Crippen molar-refractivity contribution in [2.75, 3.05) is 11.9 Å². The number of amides is 2. The van der Waals surface area contributed by atoms with Crippen LogP contribution >= 0.6 is 11.6 Å². The van der Waals surface area contributed by atoms with Gasteiger partial charge >= 0.3 is 0 Å². The average molecular weight is 571 g/mol. The normalized spacial score (nSPS) is 25.6. The number of carbonyl (C=O) groups is 2. The Morgan fingerprint density at radius 1 is 1.11 bits per heavy atom. The van der Waals surface area contributed by atoms with Gasteiger partial charge in [-0.1, -0.05) is 11.6 Å². The Bertz CT molecular complexity index is 1340. The maximum Gasteiger partial charge on any atom is 0.255 e. The SMILES string of the molecule is C[C@H](O)CNC(=O)CC1(O)C2CC[C@H]1CC(S(=O)(=O)c1cc(C(=O)Nc3ccc(F)c(F)c3)ccc1Cl)C2. The van der Waals surface area contributed by atoms with E-state index >= 15 is 0 Å². The number of sulfone groups is 1. The number of fused-ring (bicyclic) bond motifs is 2. The van der Waals surface area contributed by atoms with E-state index in [1.54, 1.807) is 0 Å². The number of aliphatic hydroxyl groups excluding tert-OH is 1. The molecule has 2 fully saturated rings. The summed E-state index contributed by atoms with van der Waals surface area (Å²) in [4.78, 5) is 24.8. The molecule has 2 saturated carbocycles. The second-order valence-corrected chi connectivity index (χ2v) is 12.8. The van der Waals surface area contributed by atoms with Crippen LogP contribution in [0.5, 0.6) is 0 Å². The zero-order valence-electron chi connectivity index (χ0n) is 20.6. The van der Waals surface area contributed by atoms with Crippen molar-refractivity contribution >= 4 is 38.9 Å². The van der Waals surface area contributed by atoms with Crippen LogP contribution in [0.15, 0.2) is 41.3 Å². The highest BCUT2D eigenvalue weighted by Crippen LogP contribution is 2.53. The number of nitrogens with one attached hydrogen (secondary N) is 2. The molecule has 0 saturated heterocycles. The van der Waals surface area contributed by atoms with Crippen LogP contribution in [0.4, 0.5) is 14.5 Å². The molecular formula is C26H29ClF2N2O6S. The summed E-state index contributed by atoms with van der Waals surface area (Å²) in [6, 6.07) is 6.61. The Morgan fingerprint density at radius 3 is 2.37 bits per heavy atom. The summed E-state index contributed by atoms with van der Waals surface area (Å²) in [7, 11) is -4.03. The summed E-state index contributed by atoms with van der Waals surface area (Å²) in [5.74, 6) is -4.19. The van der Waals surface area contributed by atoms with Gasteiger partial charge in [0.05, 0.1) is 33.3 Å². The van der Waals surface area contributed by atoms with Crippen LogP contribution in [0.2, 0.25) is 5.02 Å². The molecule has 0 heterocycles. The van der Waals surface area contributed by atoms with Crippen LogP contribution in [0.25, 0.3) is 0 Å². The lowest BCUT2D eigenvalue weighted by Crippen LogP contribution is -2.51. The molecule has 2 aliphatic rings. The van der Waals surface area contributed by atoms with E-state index in [1.165, 1.54) is 25.1 Å². The first-order valence-corrected chi connectivity index (χ1v) is 14.2. The monoisotopic (exact) mass is 570 g/mol. The summed E-state index contributed by atoms with van der Waals surface area (Å²) in [5, 5.41) is 24.8. The smallest absolute Gasteiger partial charge is 0.255 e. The van der Waals surface area contributed by atoms with Gasteiger partial charge in [0.2, 0.25) is 5.91 Å². The zero-order valence-corrected chi connectivity index (χ0v) is 22.2. The van der Waals surface area contributed by atoms with Gasteiger partial charge in [0.15, 0.2) is 21.5 Å². The topological polar surface area (TPSA) is 133 Å². The largest absolute Gasteiger partial charge is 0.392 e. The Balaban J connectivity index is 1.51. The summed E-state index contributed by atoms with van der Waals surface area (Å²) < 4.78 is 54.0. The minimum absolute atomic E-state index is 0.00567. The molecule has 4 N–H and O–H groups in total. The van der Waals surface area contributed by atoms with Gasteiger partial charge in [0, 0.05) is 23.9 Å². The quantitative estimate of drug-likeness (QED) is 0.384. The number of rotatable bonds is 8. The molecule has 206 valence electrons. The van der Waals surface area contributed by atoms with Gasteiger partial charge in [-0.2, -0.15) is 0 Å². The second kappa shape index (κ2) is 10.9. The van der Waals surface area contributed by atoms with Crippen LogP contribution in [0.3, 0.4) is 0 Å². The number of hydrogen-bond acceptors (Lipinski definition) is 6. The Hall–Kier alpha value is -2.60. The van der Waals surface area contributed by atoms with Crippen molar-refractivity contribution in [1.82, 2.24) is 5.32 Å². The van der Waals surface area contributed by atoms with Gasteiger partial charge < -0.3 is 20.8 Å². The fourth-order valence-electron chi connectivity index (χ4n) is 5.55. The van der Waals surface area contributed by atoms with E-state index in [0.29, 0.717) is 12.8 Å². The number of anilines is 1. The molecular weight excluding hydrogens is 542 g/mol. The summed E-state index contributed by atoms with van der Waals surface area (Å²) in [6.45, 7) is 1.58. The summed E-state index contributed by atoms with van der Waals surface area (Å²) in [5.41, 5.74) is -1.39. The van der Waals surface area contributed by atoms with Crippen molar-refractivity contribution in [1.29, 1.82) is 0 Å². The lowest BCUT2D eigenvalue weighted by molar-refractivity contribution is -0.133. The number of hydrogen-bond donors (Lipinski definition) is 4. The van der Waals surface area contributed by atoms with Crippen LogP contribution < -0.4 is 10.6 Å². The van der Waals surface area contributed by atoms with Crippen LogP contribution in [0, 0.1) is 23.5 Å². The number of halogens is 3. The first-order chi connectivity index (χ1) is 17.8. The number of benzene rings is 2.